The van der Waals surface area contributed by atoms with Crippen LogP contribution in [0, 0.1) is 5.82 Å². The molecule has 188 valence electrons. The summed E-state index contributed by atoms with van der Waals surface area (Å²) < 4.78 is 44.9. The van der Waals surface area contributed by atoms with Crippen molar-refractivity contribution in [3.05, 3.63) is 71.5 Å². The number of amides is 1. The topological polar surface area (TPSA) is 133 Å². The monoisotopic (exact) mass is 505 g/mol. The lowest BCUT2D eigenvalue weighted by molar-refractivity contribution is -0.192. The number of carbonyl (C=O) groups excluding carboxylic acids is 1. The number of hydrogen-bond acceptors (Lipinski definition) is 5. The average Bonchev–Trinajstić information content (AvgIpc) is 3.11. The van der Waals surface area contributed by atoms with E-state index in [-0.39, 0.29) is 24.6 Å². The number of hydrogen-bond donors (Lipinski definition) is 3. The van der Waals surface area contributed by atoms with Crippen molar-refractivity contribution >= 4 is 46.2 Å². The van der Waals surface area contributed by atoms with Crippen LogP contribution in [-0.2, 0) is 16.1 Å². The molecule has 3 aromatic rings. The van der Waals surface area contributed by atoms with E-state index >= 15 is 0 Å². The van der Waals surface area contributed by atoms with Gasteiger partial charge in [0.05, 0.1) is 11.4 Å². The number of fused-ring (bicyclic) bond motifs is 2. The Morgan fingerprint density at radius 3 is 2.25 bits per heavy atom. The first kappa shape index (κ1) is 26.1. The van der Waals surface area contributed by atoms with E-state index in [1.165, 1.54) is 23.2 Å². The van der Waals surface area contributed by atoms with Gasteiger partial charge in [0.25, 0.3) is 5.91 Å². The van der Waals surface area contributed by atoms with Gasteiger partial charge in [0.15, 0.2) is 0 Å². The van der Waals surface area contributed by atoms with E-state index in [9.17, 15) is 32.3 Å². The van der Waals surface area contributed by atoms with E-state index in [1.54, 1.807) is 6.07 Å². The Hall–Kier alpha value is -4.48. The summed E-state index contributed by atoms with van der Waals surface area (Å²) in [6, 6.07) is 14.1. The smallest absolute Gasteiger partial charge is 0.480 e. The summed E-state index contributed by atoms with van der Waals surface area (Å²) in [5, 5.41) is 18.7. The summed E-state index contributed by atoms with van der Waals surface area (Å²) in [7, 11) is 0. The van der Waals surface area contributed by atoms with Crippen molar-refractivity contribution in [1.29, 1.82) is 0 Å². The van der Waals surface area contributed by atoms with Gasteiger partial charge in [-0.2, -0.15) is 13.2 Å². The van der Waals surface area contributed by atoms with E-state index in [2.05, 4.69) is 4.99 Å². The Kier molecular flexibility index (Phi) is 7.56. The molecular weight excluding hydrogens is 486 g/mol. The first-order valence-electron chi connectivity index (χ1n) is 10.3. The van der Waals surface area contributed by atoms with Gasteiger partial charge in [-0.1, -0.05) is 24.3 Å². The molecule has 0 aliphatic carbocycles. The number of benzene rings is 3. The molecule has 3 aromatic carbocycles. The molecule has 0 aromatic heterocycles. The summed E-state index contributed by atoms with van der Waals surface area (Å²) in [5.74, 6) is -4.66. The average molecular weight is 505 g/mol. The van der Waals surface area contributed by atoms with Crippen molar-refractivity contribution < 1.29 is 42.2 Å². The zero-order valence-electron chi connectivity index (χ0n) is 18.4. The molecule has 1 atom stereocenters. The number of nitrogens with two attached hydrogens (primary N) is 1. The number of carboxylic acid groups (broad SMARTS) is 2. The van der Waals surface area contributed by atoms with Crippen LogP contribution in [0.15, 0.2) is 59.6 Å². The predicted octanol–water partition coefficient (Wildman–Crippen LogP) is 4.40. The van der Waals surface area contributed by atoms with Gasteiger partial charge in [-0.05, 0) is 46.7 Å². The molecule has 1 amide bonds. The van der Waals surface area contributed by atoms with E-state index in [0.29, 0.717) is 11.3 Å². The molecule has 0 radical (unpaired) electrons. The molecule has 0 saturated heterocycles. The van der Waals surface area contributed by atoms with Gasteiger partial charge in [-0.3, -0.25) is 9.79 Å². The van der Waals surface area contributed by atoms with Gasteiger partial charge in [0.1, 0.15) is 11.9 Å². The molecule has 4 rings (SSSR count). The zero-order chi connectivity index (χ0) is 26.6. The SMILES string of the molecule is Nc1cc(F)ccc1N=CCC(C(=O)O)N1Cc2cc3ccccc3cc2C1=O.O=C(O)C(F)(F)F. The van der Waals surface area contributed by atoms with E-state index < -0.39 is 30.0 Å². The van der Waals surface area contributed by atoms with Gasteiger partial charge >= 0.3 is 18.1 Å². The van der Waals surface area contributed by atoms with Gasteiger partial charge in [-0.15, -0.1) is 0 Å². The van der Waals surface area contributed by atoms with Crippen LogP contribution in [0.2, 0.25) is 0 Å². The highest BCUT2D eigenvalue weighted by Crippen LogP contribution is 2.30. The Balaban J connectivity index is 0.000000454. The molecule has 36 heavy (non-hydrogen) atoms. The third kappa shape index (κ3) is 5.95. The molecule has 1 aliphatic rings. The molecular formula is C24H19F4N3O5. The third-order valence-electron chi connectivity index (χ3n) is 5.26. The van der Waals surface area contributed by atoms with E-state index in [4.69, 9.17) is 15.6 Å². The lowest BCUT2D eigenvalue weighted by atomic mass is 10.0. The fraction of sp³-hybridized carbons (Fsp3) is 0.167. The van der Waals surface area contributed by atoms with Crippen molar-refractivity contribution in [3.8, 4) is 0 Å². The Morgan fingerprint density at radius 2 is 1.69 bits per heavy atom. The fourth-order valence-corrected chi connectivity index (χ4v) is 3.53. The minimum atomic E-state index is -5.08. The lowest BCUT2D eigenvalue weighted by Gasteiger charge is -2.22. The highest BCUT2D eigenvalue weighted by atomic mass is 19.4. The van der Waals surface area contributed by atoms with Crippen LogP contribution in [0.1, 0.15) is 22.3 Å². The number of nitrogens with zero attached hydrogens (tertiary/aromatic N) is 2. The van der Waals surface area contributed by atoms with Crippen molar-refractivity contribution in [3.63, 3.8) is 0 Å². The second-order valence-electron chi connectivity index (χ2n) is 7.70. The summed E-state index contributed by atoms with van der Waals surface area (Å²) in [6.07, 6.45) is -3.68. The number of carbonyl (C=O) groups is 3. The lowest BCUT2D eigenvalue weighted by Crippen LogP contribution is -2.41. The molecule has 0 spiro atoms. The number of anilines is 1. The van der Waals surface area contributed by atoms with Crippen molar-refractivity contribution in [2.75, 3.05) is 5.73 Å². The molecule has 12 heteroatoms. The minimum absolute atomic E-state index is 0.00536. The summed E-state index contributed by atoms with van der Waals surface area (Å²) in [5.41, 5.74) is 7.54. The standard InChI is InChI=1S/C22H18FN3O3.C2HF3O2/c23-16-5-6-19(18(24)11-16)25-8-7-20(22(28)29)26-12-15-9-13-3-1-2-4-14(13)10-17(15)21(26)27;3-2(4,5)1(6)7/h1-6,8-11,20H,7,12,24H2,(H,28,29);(H,6,7). The van der Waals surface area contributed by atoms with Crippen LogP contribution in [0.4, 0.5) is 28.9 Å². The molecule has 0 fully saturated rings. The largest absolute Gasteiger partial charge is 0.490 e. The molecule has 1 heterocycles. The van der Waals surface area contributed by atoms with Crippen LogP contribution in [-0.4, -0.2) is 51.4 Å². The predicted molar refractivity (Wildman–Crippen MR) is 123 cm³/mol. The van der Waals surface area contributed by atoms with Crippen LogP contribution in [0.3, 0.4) is 0 Å². The summed E-state index contributed by atoms with van der Waals surface area (Å²) in [6.45, 7) is 0.225. The number of rotatable bonds is 5. The first-order chi connectivity index (χ1) is 16.9. The number of aliphatic imine (C=N–C) groups is 1. The van der Waals surface area contributed by atoms with Crippen molar-refractivity contribution in [2.45, 2.75) is 25.2 Å². The number of alkyl halides is 3. The van der Waals surface area contributed by atoms with Gasteiger partial charge < -0.3 is 20.8 Å². The Bertz CT molecular complexity index is 1360. The second kappa shape index (κ2) is 10.4. The highest BCUT2D eigenvalue weighted by molar-refractivity contribution is 6.04. The second-order valence-corrected chi connectivity index (χ2v) is 7.70. The molecule has 4 N–H and O–H groups in total. The van der Waals surface area contributed by atoms with Crippen LogP contribution in [0.5, 0.6) is 0 Å². The van der Waals surface area contributed by atoms with E-state index in [0.717, 1.165) is 22.4 Å². The van der Waals surface area contributed by atoms with Crippen molar-refractivity contribution in [1.82, 2.24) is 4.90 Å². The van der Waals surface area contributed by atoms with Crippen LogP contribution in [0.25, 0.3) is 10.8 Å². The number of nitrogen functional groups attached to an aromatic ring is 1. The Morgan fingerprint density at radius 1 is 1.08 bits per heavy atom. The number of carboxylic acids is 2. The maximum atomic E-state index is 13.1. The molecule has 8 nitrogen and oxygen atoms in total. The fourth-order valence-electron chi connectivity index (χ4n) is 3.53. The number of aliphatic carboxylic acids is 2. The van der Waals surface area contributed by atoms with Gasteiger partial charge in [-0.25, -0.2) is 14.0 Å². The quantitative estimate of drug-likeness (QED) is 0.268. The van der Waals surface area contributed by atoms with Gasteiger partial charge in [0.2, 0.25) is 0 Å². The zero-order valence-corrected chi connectivity index (χ0v) is 18.4. The normalized spacial score (nSPS) is 13.9. The van der Waals surface area contributed by atoms with Crippen LogP contribution >= 0.6 is 0 Å². The minimum Gasteiger partial charge on any atom is -0.480 e. The maximum absolute atomic E-state index is 13.1. The molecule has 0 saturated carbocycles. The molecule has 1 unspecified atom stereocenters. The summed E-state index contributed by atoms with van der Waals surface area (Å²) in [4.78, 5) is 39.1. The van der Waals surface area contributed by atoms with Crippen LogP contribution < -0.4 is 5.73 Å². The first-order valence-corrected chi connectivity index (χ1v) is 10.3. The number of halogens is 4. The Labute approximate surface area is 201 Å². The highest BCUT2D eigenvalue weighted by Gasteiger charge is 2.38. The van der Waals surface area contributed by atoms with Crippen molar-refractivity contribution in [2.24, 2.45) is 4.99 Å². The summed E-state index contributed by atoms with van der Waals surface area (Å²) >= 11 is 0. The maximum Gasteiger partial charge on any atom is 0.490 e. The van der Waals surface area contributed by atoms with Gasteiger partial charge in [0, 0.05) is 24.7 Å². The third-order valence-corrected chi connectivity index (χ3v) is 5.26. The molecule has 1 aliphatic heterocycles. The van der Waals surface area contributed by atoms with E-state index in [1.807, 2.05) is 30.3 Å². The molecule has 0 bridgehead atoms.